The van der Waals surface area contributed by atoms with E-state index in [2.05, 4.69) is 0 Å². The molecule has 0 aromatic heterocycles. The molecule has 0 aliphatic carbocycles. The van der Waals surface area contributed by atoms with E-state index in [9.17, 15) is 13.2 Å². The average molecular weight is 356 g/mol. The standard InChI is InChI=1S/C18H29NO4S/c1-4-23-18(20)10-8-6-5-7-9-15-19(3)24(21,22)17-13-11-16(2)12-14-17/h11-14H,4-10,15H2,1-3H3. The van der Waals surface area contributed by atoms with Crippen LogP contribution >= 0.6 is 0 Å². The summed E-state index contributed by atoms with van der Waals surface area (Å²) in [6, 6.07) is 6.92. The average Bonchev–Trinajstić information content (AvgIpc) is 2.54. The van der Waals surface area contributed by atoms with Crippen molar-refractivity contribution in [1.29, 1.82) is 0 Å². The van der Waals surface area contributed by atoms with E-state index < -0.39 is 10.0 Å². The Hall–Kier alpha value is -1.40. The van der Waals surface area contributed by atoms with Crippen LogP contribution in [-0.4, -0.2) is 38.9 Å². The molecule has 0 heterocycles. The van der Waals surface area contributed by atoms with E-state index in [1.54, 1.807) is 26.1 Å². The van der Waals surface area contributed by atoms with Gasteiger partial charge in [0.2, 0.25) is 10.0 Å². The van der Waals surface area contributed by atoms with E-state index in [1.807, 2.05) is 19.1 Å². The third-order valence-corrected chi connectivity index (χ3v) is 5.76. The van der Waals surface area contributed by atoms with E-state index in [0.29, 0.717) is 24.5 Å². The lowest BCUT2D eigenvalue weighted by Gasteiger charge is -2.17. The molecule has 0 fully saturated rings. The van der Waals surface area contributed by atoms with Crippen molar-refractivity contribution >= 4 is 16.0 Å². The highest BCUT2D eigenvalue weighted by Crippen LogP contribution is 2.16. The molecule has 0 saturated heterocycles. The van der Waals surface area contributed by atoms with Crippen LogP contribution < -0.4 is 0 Å². The molecule has 24 heavy (non-hydrogen) atoms. The lowest BCUT2D eigenvalue weighted by atomic mass is 10.1. The summed E-state index contributed by atoms with van der Waals surface area (Å²) in [4.78, 5) is 11.5. The van der Waals surface area contributed by atoms with Gasteiger partial charge in [0.05, 0.1) is 11.5 Å². The Morgan fingerprint density at radius 1 is 1.04 bits per heavy atom. The molecule has 0 spiro atoms. The predicted molar refractivity (Wildman–Crippen MR) is 95.3 cm³/mol. The van der Waals surface area contributed by atoms with Crippen LogP contribution in [0.1, 0.15) is 51.0 Å². The van der Waals surface area contributed by atoms with E-state index in [0.717, 1.165) is 37.7 Å². The summed E-state index contributed by atoms with van der Waals surface area (Å²) in [5, 5.41) is 0. The van der Waals surface area contributed by atoms with Gasteiger partial charge in [-0.1, -0.05) is 37.0 Å². The van der Waals surface area contributed by atoms with Crippen molar-refractivity contribution in [1.82, 2.24) is 4.31 Å². The summed E-state index contributed by atoms with van der Waals surface area (Å²) in [7, 11) is -1.78. The zero-order chi connectivity index (χ0) is 18.0. The van der Waals surface area contributed by atoms with Crippen LogP contribution in [0.5, 0.6) is 0 Å². The van der Waals surface area contributed by atoms with E-state index in [-0.39, 0.29) is 5.97 Å². The topological polar surface area (TPSA) is 63.7 Å². The van der Waals surface area contributed by atoms with Gasteiger partial charge < -0.3 is 4.74 Å². The first kappa shape index (κ1) is 20.6. The molecule has 0 atom stereocenters. The number of carbonyl (C=O) groups is 1. The van der Waals surface area contributed by atoms with Crippen LogP contribution in [0.15, 0.2) is 29.2 Å². The summed E-state index contributed by atoms with van der Waals surface area (Å²) < 4.78 is 31.1. The van der Waals surface area contributed by atoms with Crippen LogP contribution in [0.3, 0.4) is 0 Å². The van der Waals surface area contributed by atoms with Crippen molar-refractivity contribution in [2.24, 2.45) is 0 Å². The van der Waals surface area contributed by atoms with Gasteiger partial charge >= 0.3 is 5.97 Å². The quantitative estimate of drug-likeness (QED) is 0.450. The third-order valence-electron chi connectivity index (χ3n) is 3.89. The molecule has 6 heteroatoms. The van der Waals surface area contributed by atoms with Crippen LogP contribution in [0, 0.1) is 6.92 Å². The van der Waals surface area contributed by atoms with Crippen molar-refractivity contribution in [2.45, 2.75) is 57.3 Å². The molecule has 5 nitrogen and oxygen atoms in total. The second-order valence-corrected chi connectivity index (χ2v) is 8.01. The molecule has 0 unspecified atom stereocenters. The van der Waals surface area contributed by atoms with E-state index >= 15 is 0 Å². The second kappa shape index (κ2) is 10.5. The minimum absolute atomic E-state index is 0.138. The highest BCUT2D eigenvalue weighted by molar-refractivity contribution is 7.89. The minimum Gasteiger partial charge on any atom is -0.466 e. The Morgan fingerprint density at radius 3 is 2.25 bits per heavy atom. The Bertz CT molecular complexity index is 596. The number of carbonyl (C=O) groups excluding carboxylic acids is 1. The summed E-state index contributed by atoms with van der Waals surface area (Å²) in [6.07, 6.45) is 5.04. The van der Waals surface area contributed by atoms with E-state index in [4.69, 9.17) is 4.74 Å². The molecular weight excluding hydrogens is 326 g/mol. The molecule has 0 aliphatic heterocycles. The summed E-state index contributed by atoms with van der Waals surface area (Å²) in [5.41, 5.74) is 1.04. The molecule has 0 bridgehead atoms. The first-order valence-electron chi connectivity index (χ1n) is 8.56. The van der Waals surface area contributed by atoms with Crippen molar-refractivity contribution < 1.29 is 17.9 Å². The molecule has 1 aromatic carbocycles. The van der Waals surface area contributed by atoms with Gasteiger partial charge in [0, 0.05) is 20.0 Å². The maximum Gasteiger partial charge on any atom is 0.305 e. The molecule has 0 aliphatic rings. The highest BCUT2D eigenvalue weighted by Gasteiger charge is 2.19. The normalized spacial score (nSPS) is 11.7. The van der Waals surface area contributed by atoms with Crippen LogP contribution in [-0.2, 0) is 19.6 Å². The summed E-state index contributed by atoms with van der Waals surface area (Å²) in [6.45, 7) is 4.68. The number of sulfonamides is 1. The van der Waals surface area contributed by atoms with Gasteiger partial charge in [0.15, 0.2) is 0 Å². The van der Waals surface area contributed by atoms with Crippen molar-refractivity contribution in [3.8, 4) is 0 Å². The number of ether oxygens (including phenoxy) is 1. The molecular formula is C18H29NO4S. The molecule has 0 amide bonds. The maximum absolute atomic E-state index is 12.4. The zero-order valence-corrected chi connectivity index (χ0v) is 15.8. The number of aryl methyl sites for hydroxylation is 1. The molecule has 1 aromatic rings. The summed E-state index contributed by atoms with van der Waals surface area (Å²) in [5.74, 6) is -0.138. The molecule has 136 valence electrons. The van der Waals surface area contributed by atoms with Crippen LogP contribution in [0.25, 0.3) is 0 Å². The third kappa shape index (κ3) is 7.01. The monoisotopic (exact) mass is 355 g/mol. The SMILES string of the molecule is CCOC(=O)CCCCCCCN(C)S(=O)(=O)c1ccc(C)cc1. The van der Waals surface area contributed by atoms with Gasteiger partial charge in [-0.15, -0.1) is 0 Å². The zero-order valence-electron chi connectivity index (χ0n) is 15.0. The number of hydrogen-bond acceptors (Lipinski definition) is 4. The Morgan fingerprint density at radius 2 is 1.62 bits per heavy atom. The molecule has 1 rings (SSSR count). The van der Waals surface area contributed by atoms with Gasteiger partial charge in [0.25, 0.3) is 0 Å². The molecule has 0 saturated carbocycles. The fraction of sp³-hybridized carbons (Fsp3) is 0.611. The number of nitrogens with zero attached hydrogens (tertiary/aromatic N) is 1. The lowest BCUT2D eigenvalue weighted by Crippen LogP contribution is -2.27. The summed E-state index contributed by atoms with van der Waals surface area (Å²) >= 11 is 0. The second-order valence-electron chi connectivity index (χ2n) is 5.96. The van der Waals surface area contributed by atoms with Crippen molar-refractivity contribution in [2.75, 3.05) is 20.2 Å². The van der Waals surface area contributed by atoms with Crippen LogP contribution in [0.4, 0.5) is 0 Å². The predicted octanol–water partition coefficient (Wildman–Crippen LogP) is 3.52. The van der Waals surface area contributed by atoms with E-state index in [1.165, 1.54) is 4.31 Å². The fourth-order valence-corrected chi connectivity index (χ4v) is 3.59. The Balaban J connectivity index is 2.25. The number of hydrogen-bond donors (Lipinski definition) is 0. The first-order valence-corrected chi connectivity index (χ1v) is 10.0. The first-order chi connectivity index (χ1) is 11.4. The van der Waals surface area contributed by atoms with Gasteiger partial charge in [-0.05, 0) is 38.8 Å². The smallest absolute Gasteiger partial charge is 0.305 e. The molecule has 0 radical (unpaired) electrons. The number of esters is 1. The lowest BCUT2D eigenvalue weighted by molar-refractivity contribution is -0.143. The fourth-order valence-electron chi connectivity index (χ4n) is 2.38. The minimum atomic E-state index is -3.40. The largest absolute Gasteiger partial charge is 0.466 e. The van der Waals surface area contributed by atoms with Crippen molar-refractivity contribution in [3.05, 3.63) is 29.8 Å². The van der Waals surface area contributed by atoms with Gasteiger partial charge in [-0.2, -0.15) is 0 Å². The Labute approximate surface area is 146 Å². The maximum atomic E-state index is 12.4. The van der Waals surface area contributed by atoms with Gasteiger partial charge in [0.1, 0.15) is 0 Å². The number of rotatable bonds is 11. The van der Waals surface area contributed by atoms with Crippen molar-refractivity contribution in [3.63, 3.8) is 0 Å². The van der Waals surface area contributed by atoms with Crippen LogP contribution in [0.2, 0.25) is 0 Å². The Kier molecular flexibility index (Phi) is 9.00. The van der Waals surface area contributed by atoms with Gasteiger partial charge in [-0.25, -0.2) is 12.7 Å². The van der Waals surface area contributed by atoms with Gasteiger partial charge in [-0.3, -0.25) is 4.79 Å². The number of unbranched alkanes of at least 4 members (excludes halogenated alkanes) is 4. The highest BCUT2D eigenvalue weighted by atomic mass is 32.2. The number of benzene rings is 1. The molecule has 0 N–H and O–H groups in total.